The fourth-order valence-corrected chi connectivity index (χ4v) is 2.68. The van der Waals surface area contributed by atoms with Crippen LogP contribution in [0.2, 0.25) is 0 Å². The van der Waals surface area contributed by atoms with E-state index in [1.54, 1.807) is 0 Å². The second-order valence-corrected chi connectivity index (χ2v) is 4.78. The first-order chi connectivity index (χ1) is 8.34. The van der Waals surface area contributed by atoms with Crippen LogP contribution in [0, 0.1) is 5.92 Å². The highest BCUT2D eigenvalue weighted by Crippen LogP contribution is 2.40. The SMILES string of the molecule is CC1=CC2C(=CC=CC=C2c2ccccc2)C1. The van der Waals surface area contributed by atoms with Crippen molar-refractivity contribution >= 4 is 5.57 Å². The second-order valence-electron chi connectivity index (χ2n) is 4.78. The van der Waals surface area contributed by atoms with Gasteiger partial charge in [0.25, 0.3) is 0 Å². The minimum atomic E-state index is 0.479. The predicted octanol–water partition coefficient (Wildman–Crippen LogP) is 4.53. The molecule has 3 rings (SSSR count). The van der Waals surface area contributed by atoms with Gasteiger partial charge in [-0.1, -0.05) is 71.9 Å². The lowest BCUT2D eigenvalue weighted by molar-refractivity contribution is 1.00. The van der Waals surface area contributed by atoms with Crippen LogP contribution in [0.25, 0.3) is 5.57 Å². The maximum absolute atomic E-state index is 2.40. The summed E-state index contributed by atoms with van der Waals surface area (Å²) < 4.78 is 0. The maximum Gasteiger partial charge on any atom is 0.0243 e. The fourth-order valence-electron chi connectivity index (χ4n) is 2.68. The first-order valence-corrected chi connectivity index (χ1v) is 6.14. The Morgan fingerprint density at radius 1 is 1.00 bits per heavy atom. The Hall–Kier alpha value is -1.82. The molecule has 84 valence electrons. The third-order valence-electron chi connectivity index (χ3n) is 3.47. The molecule has 0 aromatic heterocycles. The lowest BCUT2D eigenvalue weighted by Gasteiger charge is -2.15. The summed E-state index contributed by atoms with van der Waals surface area (Å²) in [5, 5.41) is 0. The molecule has 1 aromatic carbocycles. The third-order valence-corrected chi connectivity index (χ3v) is 3.47. The first kappa shape index (κ1) is 10.3. The molecule has 0 N–H and O–H groups in total. The molecule has 0 aliphatic heterocycles. The van der Waals surface area contributed by atoms with E-state index in [-0.39, 0.29) is 0 Å². The summed E-state index contributed by atoms with van der Waals surface area (Å²) in [6.45, 7) is 2.22. The summed E-state index contributed by atoms with van der Waals surface area (Å²) in [6.07, 6.45) is 12.3. The Morgan fingerprint density at radius 3 is 2.59 bits per heavy atom. The number of benzene rings is 1. The molecular formula is C17H16. The Balaban J connectivity index is 2.07. The van der Waals surface area contributed by atoms with Crippen molar-refractivity contribution in [2.24, 2.45) is 5.92 Å². The Labute approximate surface area is 103 Å². The van der Waals surface area contributed by atoms with Crippen molar-refractivity contribution in [2.75, 3.05) is 0 Å². The zero-order valence-electron chi connectivity index (χ0n) is 10.1. The summed E-state index contributed by atoms with van der Waals surface area (Å²) in [6, 6.07) is 10.7. The van der Waals surface area contributed by atoms with Gasteiger partial charge >= 0.3 is 0 Å². The number of fused-ring (bicyclic) bond motifs is 1. The zero-order chi connectivity index (χ0) is 11.7. The molecule has 2 aliphatic carbocycles. The topological polar surface area (TPSA) is 0 Å². The minimum Gasteiger partial charge on any atom is -0.0737 e. The van der Waals surface area contributed by atoms with Gasteiger partial charge in [0.2, 0.25) is 0 Å². The predicted molar refractivity (Wildman–Crippen MR) is 73.5 cm³/mol. The molecule has 17 heavy (non-hydrogen) atoms. The molecule has 0 fully saturated rings. The molecule has 0 saturated heterocycles. The Bertz CT molecular complexity index is 539. The molecule has 0 radical (unpaired) electrons. The highest BCUT2D eigenvalue weighted by atomic mass is 14.3. The highest BCUT2D eigenvalue weighted by molar-refractivity contribution is 5.75. The van der Waals surface area contributed by atoms with E-state index >= 15 is 0 Å². The van der Waals surface area contributed by atoms with E-state index in [1.165, 1.54) is 22.3 Å². The van der Waals surface area contributed by atoms with E-state index in [1.807, 2.05) is 0 Å². The summed E-state index contributed by atoms with van der Waals surface area (Å²) in [7, 11) is 0. The molecule has 0 heteroatoms. The summed E-state index contributed by atoms with van der Waals surface area (Å²) >= 11 is 0. The monoisotopic (exact) mass is 220 g/mol. The van der Waals surface area contributed by atoms with Gasteiger partial charge < -0.3 is 0 Å². The van der Waals surface area contributed by atoms with Crippen molar-refractivity contribution in [3.05, 3.63) is 77.4 Å². The van der Waals surface area contributed by atoms with Gasteiger partial charge in [-0.3, -0.25) is 0 Å². The van der Waals surface area contributed by atoms with Crippen LogP contribution in [0.1, 0.15) is 18.9 Å². The van der Waals surface area contributed by atoms with Crippen molar-refractivity contribution in [3.63, 3.8) is 0 Å². The van der Waals surface area contributed by atoms with Crippen LogP contribution in [-0.4, -0.2) is 0 Å². The van der Waals surface area contributed by atoms with Crippen molar-refractivity contribution in [1.82, 2.24) is 0 Å². The van der Waals surface area contributed by atoms with Crippen LogP contribution >= 0.6 is 0 Å². The molecule has 0 spiro atoms. The normalized spacial score (nSPS) is 22.4. The van der Waals surface area contributed by atoms with Crippen LogP contribution in [0.3, 0.4) is 0 Å². The maximum atomic E-state index is 2.40. The molecule has 0 heterocycles. The highest BCUT2D eigenvalue weighted by Gasteiger charge is 2.23. The van der Waals surface area contributed by atoms with Gasteiger partial charge in [0, 0.05) is 5.92 Å². The first-order valence-electron chi connectivity index (χ1n) is 6.14. The van der Waals surface area contributed by atoms with Crippen molar-refractivity contribution in [1.29, 1.82) is 0 Å². The number of hydrogen-bond acceptors (Lipinski definition) is 0. The molecule has 1 atom stereocenters. The Morgan fingerprint density at radius 2 is 1.76 bits per heavy atom. The van der Waals surface area contributed by atoms with Gasteiger partial charge in [-0.25, -0.2) is 0 Å². The lowest BCUT2D eigenvalue weighted by atomic mass is 9.89. The third kappa shape index (κ3) is 1.91. The number of hydrogen-bond donors (Lipinski definition) is 0. The number of allylic oxidation sites excluding steroid dienone is 8. The van der Waals surface area contributed by atoms with Crippen LogP contribution in [0.15, 0.2) is 71.9 Å². The van der Waals surface area contributed by atoms with Gasteiger partial charge in [0.15, 0.2) is 0 Å². The van der Waals surface area contributed by atoms with Gasteiger partial charge in [-0.15, -0.1) is 0 Å². The van der Waals surface area contributed by atoms with Crippen LogP contribution in [0.4, 0.5) is 0 Å². The average Bonchev–Trinajstić information content (AvgIpc) is 2.61. The van der Waals surface area contributed by atoms with Crippen molar-refractivity contribution in [3.8, 4) is 0 Å². The van der Waals surface area contributed by atoms with E-state index < -0.39 is 0 Å². The van der Waals surface area contributed by atoms with Crippen LogP contribution in [0.5, 0.6) is 0 Å². The summed E-state index contributed by atoms with van der Waals surface area (Å²) in [5.41, 5.74) is 5.76. The quantitative estimate of drug-likeness (QED) is 0.610. The van der Waals surface area contributed by atoms with E-state index in [9.17, 15) is 0 Å². The smallest absolute Gasteiger partial charge is 0.0243 e. The van der Waals surface area contributed by atoms with E-state index in [4.69, 9.17) is 0 Å². The minimum absolute atomic E-state index is 0.479. The van der Waals surface area contributed by atoms with Crippen LogP contribution in [-0.2, 0) is 0 Å². The van der Waals surface area contributed by atoms with Gasteiger partial charge in [0.05, 0.1) is 0 Å². The van der Waals surface area contributed by atoms with Crippen LogP contribution < -0.4 is 0 Å². The fraction of sp³-hybridized carbons (Fsp3) is 0.176. The molecule has 0 amide bonds. The van der Waals surface area contributed by atoms with E-state index in [0.717, 1.165) is 6.42 Å². The number of rotatable bonds is 1. The van der Waals surface area contributed by atoms with Crippen molar-refractivity contribution in [2.45, 2.75) is 13.3 Å². The molecule has 1 aromatic rings. The molecule has 0 bridgehead atoms. The lowest BCUT2D eigenvalue weighted by Crippen LogP contribution is -1.99. The molecule has 0 saturated carbocycles. The molecule has 0 nitrogen and oxygen atoms in total. The molecule has 2 aliphatic rings. The summed E-state index contributed by atoms with van der Waals surface area (Å²) in [5.74, 6) is 0.479. The van der Waals surface area contributed by atoms with E-state index in [2.05, 4.69) is 67.6 Å². The largest absolute Gasteiger partial charge is 0.0737 e. The standard InChI is InChI=1S/C17H16/c1-13-11-15-9-5-6-10-16(17(15)12-13)14-7-3-2-4-8-14/h2-10,12,17H,11H2,1H3. The van der Waals surface area contributed by atoms with E-state index in [0.29, 0.717) is 5.92 Å². The molecule has 1 unspecified atom stereocenters. The Kier molecular flexibility index (Phi) is 2.56. The van der Waals surface area contributed by atoms with Gasteiger partial charge in [0.1, 0.15) is 0 Å². The second kappa shape index (κ2) is 4.21. The zero-order valence-corrected chi connectivity index (χ0v) is 10.1. The molecular weight excluding hydrogens is 204 g/mol. The average molecular weight is 220 g/mol. The van der Waals surface area contributed by atoms with Gasteiger partial charge in [-0.2, -0.15) is 0 Å². The summed E-state index contributed by atoms with van der Waals surface area (Å²) in [4.78, 5) is 0. The van der Waals surface area contributed by atoms with Gasteiger partial charge in [-0.05, 0) is 24.5 Å². The van der Waals surface area contributed by atoms with Crippen molar-refractivity contribution < 1.29 is 0 Å².